The van der Waals surface area contributed by atoms with Crippen LogP contribution in [0.15, 0.2) is 79.4 Å². The van der Waals surface area contributed by atoms with Crippen molar-refractivity contribution < 1.29 is 38.4 Å². The van der Waals surface area contributed by atoms with Gasteiger partial charge in [0.15, 0.2) is 5.78 Å². The Bertz CT molecular complexity index is 1050. The second-order valence-electron chi connectivity index (χ2n) is 7.46. The van der Waals surface area contributed by atoms with Gasteiger partial charge in [0.2, 0.25) is 0 Å². The molecule has 8 nitrogen and oxygen atoms in total. The molecule has 0 spiro atoms. The van der Waals surface area contributed by atoms with Crippen molar-refractivity contribution in [2.75, 3.05) is 33.0 Å². The van der Waals surface area contributed by atoms with E-state index in [1.807, 2.05) is 0 Å². The molecule has 190 valence electrons. The molecule has 0 aliphatic carbocycles. The Labute approximate surface area is 210 Å². The maximum atomic E-state index is 12.4. The van der Waals surface area contributed by atoms with Crippen molar-refractivity contribution in [1.29, 1.82) is 0 Å². The number of benzene rings is 2. The maximum Gasteiger partial charge on any atom is 0.335 e. The number of unbranched alkanes of at least 4 members (excludes halogenated alkanes) is 1. The molecular formula is C28H30O8. The predicted molar refractivity (Wildman–Crippen MR) is 135 cm³/mol. The Hall–Kier alpha value is -4.17. The average Bonchev–Trinajstić information content (AvgIpc) is 2.91. The van der Waals surface area contributed by atoms with Crippen molar-refractivity contribution in [2.45, 2.75) is 12.8 Å². The number of aliphatic hydroxyl groups is 1. The van der Waals surface area contributed by atoms with Crippen molar-refractivity contribution in [3.8, 4) is 11.5 Å². The van der Waals surface area contributed by atoms with Crippen molar-refractivity contribution in [3.05, 3.63) is 90.5 Å². The van der Waals surface area contributed by atoms with Gasteiger partial charge in [-0.15, -0.1) is 0 Å². The van der Waals surface area contributed by atoms with Crippen molar-refractivity contribution in [2.24, 2.45) is 0 Å². The summed E-state index contributed by atoms with van der Waals surface area (Å²) in [6, 6.07) is 14.0. The summed E-state index contributed by atoms with van der Waals surface area (Å²) in [7, 11) is 0. The lowest BCUT2D eigenvalue weighted by atomic mass is 10.1. The number of hydrogen-bond donors (Lipinski definition) is 1. The van der Waals surface area contributed by atoms with Crippen LogP contribution < -0.4 is 9.47 Å². The molecule has 0 atom stereocenters. The van der Waals surface area contributed by atoms with Crippen molar-refractivity contribution in [3.63, 3.8) is 0 Å². The lowest BCUT2D eigenvalue weighted by Crippen LogP contribution is -2.14. The molecule has 2 aromatic rings. The fourth-order valence-corrected chi connectivity index (χ4v) is 2.75. The highest BCUT2D eigenvalue weighted by Crippen LogP contribution is 2.16. The van der Waals surface area contributed by atoms with Crippen LogP contribution in [0.25, 0.3) is 6.08 Å². The highest BCUT2D eigenvalue weighted by atomic mass is 16.6. The quantitative estimate of drug-likeness (QED) is 0.162. The van der Waals surface area contributed by atoms with E-state index in [-0.39, 0.29) is 24.6 Å². The first-order chi connectivity index (χ1) is 17.4. The molecule has 2 rings (SSSR count). The fourth-order valence-electron chi connectivity index (χ4n) is 2.75. The summed E-state index contributed by atoms with van der Waals surface area (Å²) in [6.07, 6.45) is 5.74. The summed E-state index contributed by atoms with van der Waals surface area (Å²) in [5.41, 5.74) is 1.34. The fraction of sp³-hybridized carbons (Fsp3) is 0.250. The van der Waals surface area contributed by atoms with Gasteiger partial charge in [-0.05, 0) is 60.9 Å². The van der Waals surface area contributed by atoms with Crippen LogP contribution in [0.2, 0.25) is 0 Å². The van der Waals surface area contributed by atoms with E-state index in [2.05, 4.69) is 13.2 Å². The number of allylic oxidation sites excluding steroid dienone is 1. The van der Waals surface area contributed by atoms with E-state index < -0.39 is 18.5 Å². The largest absolute Gasteiger partial charge is 0.494 e. The van der Waals surface area contributed by atoms with Gasteiger partial charge in [0.25, 0.3) is 0 Å². The van der Waals surface area contributed by atoms with Crippen LogP contribution in [0.5, 0.6) is 11.5 Å². The zero-order valence-electron chi connectivity index (χ0n) is 20.0. The molecule has 0 radical (unpaired) electrons. The summed E-state index contributed by atoms with van der Waals surface area (Å²) < 4.78 is 20.9. The number of ketones is 1. The lowest BCUT2D eigenvalue weighted by Gasteiger charge is -2.08. The molecule has 0 saturated carbocycles. The standard InChI is InChI=1S/C28H30O8/c1-3-27(31)35-17-5-4-16-33-25-13-9-23(10-14-25)26(30)15-8-22-6-11-24(12-7-22)34-18-19-36-28(32)21(2)20-29/h3,6-15,29H,1-2,4-5,16-20H2/b15-8+. The third-order valence-electron chi connectivity index (χ3n) is 4.73. The second kappa shape index (κ2) is 15.7. The minimum absolute atomic E-state index is 0.0117. The lowest BCUT2D eigenvalue weighted by molar-refractivity contribution is -0.140. The van der Waals surface area contributed by atoms with Gasteiger partial charge in [-0.3, -0.25) is 4.79 Å². The van der Waals surface area contributed by atoms with Gasteiger partial charge in [-0.2, -0.15) is 0 Å². The highest BCUT2D eigenvalue weighted by molar-refractivity contribution is 6.06. The summed E-state index contributed by atoms with van der Waals surface area (Å²) in [6.45, 7) is 7.26. The van der Waals surface area contributed by atoms with Gasteiger partial charge >= 0.3 is 11.9 Å². The first-order valence-corrected chi connectivity index (χ1v) is 11.4. The number of aliphatic hydroxyl groups excluding tert-OH is 1. The summed E-state index contributed by atoms with van der Waals surface area (Å²) in [5.74, 6) is 0.00781. The van der Waals surface area contributed by atoms with Crippen LogP contribution in [0.4, 0.5) is 0 Å². The third-order valence-corrected chi connectivity index (χ3v) is 4.73. The summed E-state index contributed by atoms with van der Waals surface area (Å²) in [4.78, 5) is 34.8. The third kappa shape index (κ3) is 10.4. The molecule has 36 heavy (non-hydrogen) atoms. The molecule has 0 heterocycles. The van der Waals surface area contributed by atoms with E-state index in [1.165, 1.54) is 6.08 Å². The van der Waals surface area contributed by atoms with Gasteiger partial charge in [-0.25, -0.2) is 9.59 Å². The maximum absolute atomic E-state index is 12.4. The molecule has 0 aliphatic rings. The molecular weight excluding hydrogens is 464 g/mol. The Balaban J connectivity index is 1.71. The Morgan fingerprint density at radius 2 is 1.42 bits per heavy atom. The summed E-state index contributed by atoms with van der Waals surface area (Å²) in [5, 5.41) is 8.81. The van der Waals surface area contributed by atoms with Gasteiger partial charge in [-0.1, -0.05) is 31.4 Å². The molecule has 1 N–H and O–H groups in total. The molecule has 0 unspecified atom stereocenters. The minimum atomic E-state index is -0.658. The number of esters is 2. The normalized spacial score (nSPS) is 10.5. The zero-order chi connectivity index (χ0) is 26.2. The van der Waals surface area contributed by atoms with Gasteiger partial charge in [0.1, 0.15) is 24.7 Å². The van der Waals surface area contributed by atoms with Gasteiger partial charge < -0.3 is 24.1 Å². The smallest absolute Gasteiger partial charge is 0.335 e. The number of hydrogen-bond acceptors (Lipinski definition) is 8. The zero-order valence-corrected chi connectivity index (χ0v) is 20.0. The van der Waals surface area contributed by atoms with E-state index in [1.54, 1.807) is 54.6 Å². The molecule has 8 heteroatoms. The predicted octanol–water partition coefficient (Wildman–Crippen LogP) is 3.94. The van der Waals surface area contributed by atoms with Gasteiger partial charge in [0, 0.05) is 11.6 Å². The minimum Gasteiger partial charge on any atom is -0.494 e. The van der Waals surface area contributed by atoms with Crippen LogP contribution >= 0.6 is 0 Å². The number of ether oxygens (including phenoxy) is 4. The Morgan fingerprint density at radius 1 is 0.806 bits per heavy atom. The average molecular weight is 495 g/mol. The Kier molecular flexibility index (Phi) is 12.2. The van der Waals surface area contributed by atoms with E-state index >= 15 is 0 Å². The van der Waals surface area contributed by atoms with Crippen LogP contribution in [-0.2, 0) is 19.1 Å². The topological polar surface area (TPSA) is 108 Å². The summed E-state index contributed by atoms with van der Waals surface area (Å²) >= 11 is 0. The first-order valence-electron chi connectivity index (χ1n) is 11.4. The SMILES string of the molecule is C=CC(=O)OCCCCOc1ccc(C(=O)/C=C/c2ccc(OCCOC(=O)C(=C)CO)cc2)cc1. The monoisotopic (exact) mass is 494 g/mol. The molecule has 0 fully saturated rings. The molecule has 0 aromatic heterocycles. The van der Waals surface area contributed by atoms with E-state index in [0.29, 0.717) is 36.7 Å². The number of carbonyl (C=O) groups excluding carboxylic acids is 3. The first kappa shape index (κ1) is 28.1. The highest BCUT2D eigenvalue weighted by Gasteiger charge is 2.07. The second-order valence-corrected chi connectivity index (χ2v) is 7.46. The molecule has 0 aliphatic heterocycles. The van der Waals surface area contributed by atoms with Crippen LogP contribution in [0.1, 0.15) is 28.8 Å². The molecule has 0 amide bonds. The number of rotatable bonds is 16. The Morgan fingerprint density at radius 3 is 2.06 bits per heavy atom. The van der Waals surface area contributed by atoms with Crippen LogP contribution in [-0.4, -0.2) is 55.9 Å². The van der Waals surface area contributed by atoms with Crippen molar-refractivity contribution in [1.82, 2.24) is 0 Å². The van der Waals surface area contributed by atoms with E-state index in [9.17, 15) is 14.4 Å². The molecule has 0 bridgehead atoms. The van der Waals surface area contributed by atoms with Gasteiger partial charge in [0.05, 0.1) is 25.4 Å². The number of carbonyl (C=O) groups is 3. The van der Waals surface area contributed by atoms with E-state index in [0.717, 1.165) is 18.1 Å². The molecule has 2 aromatic carbocycles. The van der Waals surface area contributed by atoms with Crippen LogP contribution in [0.3, 0.4) is 0 Å². The molecule has 0 saturated heterocycles. The van der Waals surface area contributed by atoms with Crippen LogP contribution in [0, 0.1) is 0 Å². The van der Waals surface area contributed by atoms with Crippen molar-refractivity contribution >= 4 is 23.8 Å². The van der Waals surface area contributed by atoms with E-state index in [4.69, 9.17) is 24.1 Å².